The monoisotopic (exact) mass is 360 g/mol. The number of nitrogens with one attached hydrogen (secondary N) is 1. The van der Waals surface area contributed by atoms with Crippen molar-refractivity contribution < 1.29 is 8.78 Å². The van der Waals surface area contributed by atoms with Crippen LogP contribution in [0.1, 0.15) is 17.2 Å². The molecule has 2 rings (SSSR count). The Balaban J connectivity index is 2.31. The smallest absolute Gasteiger partial charge is 0.128 e. The summed E-state index contributed by atoms with van der Waals surface area (Å²) in [6.45, 7) is 0. The van der Waals surface area contributed by atoms with E-state index >= 15 is 0 Å². The molecule has 0 aliphatic rings. The first-order chi connectivity index (χ1) is 9.51. The molecule has 0 aliphatic carbocycles. The molecule has 20 heavy (non-hydrogen) atoms. The summed E-state index contributed by atoms with van der Waals surface area (Å²) in [6.07, 6.45) is 0.350. The van der Waals surface area contributed by atoms with Crippen LogP contribution in [-0.2, 0) is 6.42 Å². The van der Waals surface area contributed by atoms with Crippen LogP contribution in [0.3, 0.4) is 0 Å². The lowest BCUT2D eigenvalue weighted by molar-refractivity contribution is 0.502. The maximum absolute atomic E-state index is 13.8. The Morgan fingerprint density at radius 2 is 1.95 bits per heavy atom. The van der Waals surface area contributed by atoms with E-state index in [0.29, 0.717) is 11.4 Å². The lowest BCUT2D eigenvalue weighted by atomic mass is 9.99. The zero-order valence-electron chi connectivity index (χ0n) is 10.3. The second-order valence-electron chi connectivity index (χ2n) is 4.32. The molecule has 0 amide bonds. The average molecular weight is 362 g/mol. The molecule has 2 aromatic carbocycles. The van der Waals surface area contributed by atoms with Gasteiger partial charge in [0.15, 0.2) is 0 Å². The van der Waals surface area contributed by atoms with E-state index in [1.165, 1.54) is 0 Å². The Labute approximate surface area is 129 Å². The van der Waals surface area contributed by atoms with Crippen molar-refractivity contribution in [3.63, 3.8) is 0 Å². The minimum absolute atomic E-state index is 0.173. The molecule has 0 spiro atoms. The van der Waals surface area contributed by atoms with Crippen LogP contribution in [0.15, 0.2) is 40.9 Å². The van der Waals surface area contributed by atoms with Gasteiger partial charge in [0.25, 0.3) is 0 Å². The quantitative estimate of drug-likeness (QED) is 0.635. The molecular weight excluding hydrogens is 350 g/mol. The molecule has 0 saturated heterocycles. The van der Waals surface area contributed by atoms with E-state index < -0.39 is 17.7 Å². The van der Waals surface area contributed by atoms with Gasteiger partial charge in [0.05, 0.1) is 6.04 Å². The average Bonchev–Trinajstić information content (AvgIpc) is 2.41. The Hall–Kier alpha value is -1.01. The fourth-order valence-corrected chi connectivity index (χ4v) is 2.70. The van der Waals surface area contributed by atoms with Crippen LogP contribution in [0.2, 0.25) is 5.02 Å². The van der Waals surface area contributed by atoms with Crippen molar-refractivity contribution in [2.45, 2.75) is 12.5 Å². The van der Waals surface area contributed by atoms with E-state index in [2.05, 4.69) is 21.4 Å². The van der Waals surface area contributed by atoms with Gasteiger partial charge in [-0.25, -0.2) is 8.78 Å². The molecule has 0 aromatic heterocycles. The zero-order valence-corrected chi connectivity index (χ0v) is 12.7. The molecule has 106 valence electrons. The molecule has 0 fully saturated rings. The van der Waals surface area contributed by atoms with Gasteiger partial charge in [0.2, 0.25) is 0 Å². The highest BCUT2D eigenvalue weighted by Gasteiger charge is 2.17. The van der Waals surface area contributed by atoms with Crippen molar-refractivity contribution in [3.05, 3.63) is 68.7 Å². The van der Waals surface area contributed by atoms with Gasteiger partial charge >= 0.3 is 0 Å². The first kappa shape index (κ1) is 15.4. The summed E-state index contributed by atoms with van der Waals surface area (Å²) in [5, 5.41) is 0.538. The second kappa shape index (κ2) is 6.63. The van der Waals surface area contributed by atoms with Gasteiger partial charge in [-0.15, -0.1) is 0 Å². The Bertz CT molecular complexity index is 622. The van der Waals surface area contributed by atoms with Crippen LogP contribution in [0, 0.1) is 11.6 Å². The van der Waals surface area contributed by atoms with Crippen LogP contribution in [-0.4, -0.2) is 0 Å². The molecule has 0 aliphatic heterocycles. The predicted octanol–water partition coefficient (Wildman–Crippen LogP) is 4.13. The van der Waals surface area contributed by atoms with E-state index in [4.69, 9.17) is 17.4 Å². The standard InChI is InChI=1S/C14H12BrClF2N2/c15-9-2-1-8(12(16)6-9)5-14(20-19)11-7-10(17)3-4-13(11)18/h1-4,6-7,14,20H,5,19H2. The first-order valence-corrected chi connectivity index (χ1v) is 7.03. The third-order valence-electron chi connectivity index (χ3n) is 2.97. The van der Waals surface area contributed by atoms with Gasteiger partial charge < -0.3 is 0 Å². The summed E-state index contributed by atoms with van der Waals surface area (Å²) in [5.41, 5.74) is 3.47. The van der Waals surface area contributed by atoms with E-state index in [0.717, 1.165) is 28.2 Å². The highest BCUT2D eigenvalue weighted by atomic mass is 79.9. The highest BCUT2D eigenvalue weighted by molar-refractivity contribution is 9.10. The van der Waals surface area contributed by atoms with Gasteiger partial charge in [0.1, 0.15) is 11.6 Å². The number of halogens is 4. The molecular formula is C14H12BrClF2N2. The van der Waals surface area contributed by atoms with Crippen LogP contribution in [0.25, 0.3) is 0 Å². The molecule has 2 aromatic rings. The highest BCUT2D eigenvalue weighted by Crippen LogP contribution is 2.27. The van der Waals surface area contributed by atoms with E-state index in [-0.39, 0.29) is 5.56 Å². The summed E-state index contributed by atoms with van der Waals surface area (Å²) in [4.78, 5) is 0. The molecule has 2 nitrogen and oxygen atoms in total. The number of hydrogen-bond donors (Lipinski definition) is 2. The molecule has 0 heterocycles. The minimum atomic E-state index is -0.565. The van der Waals surface area contributed by atoms with Gasteiger partial charge in [0, 0.05) is 15.1 Å². The normalized spacial score (nSPS) is 12.4. The summed E-state index contributed by atoms with van der Waals surface area (Å²) in [6, 6.07) is 8.10. The molecule has 1 unspecified atom stereocenters. The maximum Gasteiger partial charge on any atom is 0.128 e. The van der Waals surface area contributed by atoms with Crippen molar-refractivity contribution in [1.82, 2.24) is 5.43 Å². The minimum Gasteiger partial charge on any atom is -0.271 e. The molecule has 1 atom stereocenters. The summed E-state index contributed by atoms with van der Waals surface area (Å²) in [7, 11) is 0. The van der Waals surface area contributed by atoms with Crippen molar-refractivity contribution in [1.29, 1.82) is 0 Å². The number of hydrazine groups is 1. The molecule has 3 N–H and O–H groups in total. The number of rotatable bonds is 4. The zero-order chi connectivity index (χ0) is 14.7. The topological polar surface area (TPSA) is 38.0 Å². The second-order valence-corrected chi connectivity index (χ2v) is 5.65. The SMILES string of the molecule is NNC(Cc1ccc(Br)cc1Cl)c1cc(F)ccc1F. The van der Waals surface area contributed by atoms with E-state index in [9.17, 15) is 8.78 Å². The molecule has 6 heteroatoms. The fraction of sp³-hybridized carbons (Fsp3) is 0.143. The lowest BCUT2D eigenvalue weighted by Gasteiger charge is -2.18. The van der Waals surface area contributed by atoms with Crippen LogP contribution >= 0.6 is 27.5 Å². The van der Waals surface area contributed by atoms with Crippen molar-refractivity contribution in [2.75, 3.05) is 0 Å². The van der Waals surface area contributed by atoms with Crippen molar-refractivity contribution in [2.24, 2.45) is 5.84 Å². The van der Waals surface area contributed by atoms with Crippen LogP contribution in [0.5, 0.6) is 0 Å². The maximum atomic E-state index is 13.8. The molecule has 0 saturated carbocycles. The lowest BCUT2D eigenvalue weighted by Crippen LogP contribution is -2.30. The van der Waals surface area contributed by atoms with Gasteiger partial charge in [-0.3, -0.25) is 11.3 Å². The fourth-order valence-electron chi connectivity index (χ4n) is 1.95. The third kappa shape index (κ3) is 3.55. The Morgan fingerprint density at radius 3 is 2.60 bits per heavy atom. The molecule has 0 bridgehead atoms. The number of nitrogens with two attached hydrogens (primary N) is 1. The van der Waals surface area contributed by atoms with E-state index in [1.807, 2.05) is 12.1 Å². The largest absolute Gasteiger partial charge is 0.271 e. The molecule has 0 radical (unpaired) electrons. The Kier molecular flexibility index (Phi) is 5.10. The van der Waals surface area contributed by atoms with Crippen LogP contribution in [0.4, 0.5) is 8.78 Å². The van der Waals surface area contributed by atoms with Gasteiger partial charge in [-0.2, -0.15) is 0 Å². The van der Waals surface area contributed by atoms with Crippen molar-refractivity contribution in [3.8, 4) is 0 Å². The number of hydrogen-bond acceptors (Lipinski definition) is 2. The number of benzene rings is 2. The summed E-state index contributed by atoms with van der Waals surface area (Å²) in [5.74, 6) is 4.44. The first-order valence-electron chi connectivity index (χ1n) is 5.86. The van der Waals surface area contributed by atoms with Crippen molar-refractivity contribution >= 4 is 27.5 Å². The summed E-state index contributed by atoms with van der Waals surface area (Å²) >= 11 is 9.43. The third-order valence-corrected chi connectivity index (χ3v) is 3.82. The van der Waals surface area contributed by atoms with Gasteiger partial charge in [-0.1, -0.05) is 33.6 Å². The van der Waals surface area contributed by atoms with Crippen LogP contribution < -0.4 is 11.3 Å². The van der Waals surface area contributed by atoms with Gasteiger partial charge in [-0.05, 0) is 42.3 Å². The van der Waals surface area contributed by atoms with E-state index in [1.54, 1.807) is 6.07 Å². The predicted molar refractivity (Wildman–Crippen MR) is 79.3 cm³/mol. The Morgan fingerprint density at radius 1 is 1.20 bits per heavy atom. The summed E-state index contributed by atoms with van der Waals surface area (Å²) < 4.78 is 27.9.